The van der Waals surface area contributed by atoms with Crippen LogP contribution in [0.5, 0.6) is 5.75 Å². The number of para-hydroxylation sites is 1. The summed E-state index contributed by atoms with van der Waals surface area (Å²) in [5, 5.41) is 0. The number of carbonyl (C=O) groups excluding carboxylic acids is 1. The highest BCUT2D eigenvalue weighted by molar-refractivity contribution is 5.94. The standard InChI is InChI=1S/C27H28N4O3/c1-29(18-22-6-2-3-7-25(22)30-14-16-33-17-15-30)27(32)21-9-11-24(12-10-21)34-20-23-19-31-13-5-4-8-26(31)28-23/h2-13,19H,14-18,20H2,1H3. The minimum absolute atomic E-state index is 0.0244. The molecule has 3 heterocycles. The Hall–Kier alpha value is -3.84. The summed E-state index contributed by atoms with van der Waals surface area (Å²) in [6.07, 6.45) is 3.92. The van der Waals surface area contributed by atoms with Crippen molar-refractivity contribution < 1.29 is 14.3 Å². The van der Waals surface area contributed by atoms with Crippen LogP contribution in [0.4, 0.5) is 5.69 Å². The Labute approximate surface area is 199 Å². The van der Waals surface area contributed by atoms with Gasteiger partial charge in [0.2, 0.25) is 0 Å². The molecule has 34 heavy (non-hydrogen) atoms. The van der Waals surface area contributed by atoms with Gasteiger partial charge in [0.05, 0.1) is 18.9 Å². The molecule has 4 aromatic rings. The van der Waals surface area contributed by atoms with E-state index in [0.29, 0.717) is 24.5 Å². The maximum absolute atomic E-state index is 13.1. The molecule has 7 heteroatoms. The number of carbonyl (C=O) groups is 1. The Morgan fingerprint density at radius 1 is 1.03 bits per heavy atom. The number of benzene rings is 2. The first-order valence-corrected chi connectivity index (χ1v) is 11.5. The van der Waals surface area contributed by atoms with Crippen molar-refractivity contribution in [3.05, 3.63) is 95.9 Å². The van der Waals surface area contributed by atoms with E-state index in [9.17, 15) is 4.79 Å². The number of imidazole rings is 1. The smallest absolute Gasteiger partial charge is 0.253 e. The Morgan fingerprint density at radius 2 is 1.79 bits per heavy atom. The Balaban J connectivity index is 1.21. The number of ether oxygens (including phenoxy) is 2. The average molecular weight is 457 g/mol. The molecule has 174 valence electrons. The van der Waals surface area contributed by atoms with Gasteiger partial charge in [-0.25, -0.2) is 4.98 Å². The molecule has 0 radical (unpaired) electrons. The number of hydrogen-bond acceptors (Lipinski definition) is 5. The Bertz CT molecular complexity index is 1230. The molecule has 1 aliphatic rings. The summed E-state index contributed by atoms with van der Waals surface area (Å²) in [5.41, 5.74) is 4.67. The van der Waals surface area contributed by atoms with Crippen molar-refractivity contribution in [3.8, 4) is 5.75 Å². The molecule has 0 aliphatic carbocycles. The summed E-state index contributed by atoms with van der Waals surface area (Å²) < 4.78 is 13.3. The molecule has 0 atom stereocenters. The second-order valence-corrected chi connectivity index (χ2v) is 8.40. The summed E-state index contributed by atoms with van der Waals surface area (Å²) in [6, 6.07) is 21.4. The third kappa shape index (κ3) is 4.89. The van der Waals surface area contributed by atoms with Gasteiger partial charge in [-0.2, -0.15) is 0 Å². The Kier molecular flexibility index (Phi) is 6.44. The van der Waals surface area contributed by atoms with E-state index < -0.39 is 0 Å². The highest BCUT2D eigenvalue weighted by Gasteiger charge is 2.18. The lowest BCUT2D eigenvalue weighted by Crippen LogP contribution is -2.37. The van der Waals surface area contributed by atoms with E-state index in [1.54, 1.807) is 4.90 Å². The third-order valence-electron chi connectivity index (χ3n) is 6.00. The van der Waals surface area contributed by atoms with Crippen LogP contribution < -0.4 is 9.64 Å². The highest BCUT2D eigenvalue weighted by Crippen LogP contribution is 2.23. The number of anilines is 1. The number of aromatic nitrogens is 2. The first-order valence-electron chi connectivity index (χ1n) is 11.5. The van der Waals surface area contributed by atoms with Crippen LogP contribution in [0.3, 0.4) is 0 Å². The topological polar surface area (TPSA) is 59.3 Å². The number of morpholine rings is 1. The van der Waals surface area contributed by atoms with Gasteiger partial charge in [-0.1, -0.05) is 24.3 Å². The van der Waals surface area contributed by atoms with Gasteiger partial charge in [0.15, 0.2) is 0 Å². The number of pyridine rings is 1. The average Bonchev–Trinajstić information content (AvgIpc) is 3.31. The highest BCUT2D eigenvalue weighted by atomic mass is 16.5. The van der Waals surface area contributed by atoms with Gasteiger partial charge in [0, 0.05) is 50.3 Å². The van der Waals surface area contributed by atoms with Crippen molar-refractivity contribution in [2.75, 3.05) is 38.3 Å². The van der Waals surface area contributed by atoms with Crippen molar-refractivity contribution in [2.45, 2.75) is 13.2 Å². The fourth-order valence-electron chi connectivity index (χ4n) is 4.21. The zero-order valence-electron chi connectivity index (χ0n) is 19.3. The summed E-state index contributed by atoms with van der Waals surface area (Å²) in [6.45, 7) is 4.10. The second-order valence-electron chi connectivity index (χ2n) is 8.40. The van der Waals surface area contributed by atoms with Gasteiger partial charge in [-0.15, -0.1) is 0 Å². The maximum atomic E-state index is 13.1. The maximum Gasteiger partial charge on any atom is 0.253 e. The van der Waals surface area contributed by atoms with E-state index in [1.165, 1.54) is 5.69 Å². The van der Waals surface area contributed by atoms with Crippen molar-refractivity contribution in [1.82, 2.24) is 14.3 Å². The zero-order valence-corrected chi connectivity index (χ0v) is 19.3. The summed E-state index contributed by atoms with van der Waals surface area (Å²) >= 11 is 0. The fourth-order valence-corrected chi connectivity index (χ4v) is 4.21. The van der Waals surface area contributed by atoms with Gasteiger partial charge in [-0.05, 0) is 48.0 Å². The van der Waals surface area contributed by atoms with Crippen LogP contribution in [0.2, 0.25) is 0 Å². The van der Waals surface area contributed by atoms with Crippen molar-refractivity contribution >= 4 is 17.2 Å². The van der Waals surface area contributed by atoms with E-state index in [1.807, 2.05) is 78.4 Å². The summed E-state index contributed by atoms with van der Waals surface area (Å²) in [5.74, 6) is 0.678. The number of fused-ring (bicyclic) bond motifs is 1. The van der Waals surface area contributed by atoms with E-state index in [4.69, 9.17) is 9.47 Å². The molecule has 1 saturated heterocycles. The van der Waals surface area contributed by atoms with Crippen LogP contribution in [0.15, 0.2) is 79.1 Å². The van der Waals surface area contributed by atoms with E-state index in [0.717, 1.165) is 43.2 Å². The van der Waals surface area contributed by atoms with E-state index >= 15 is 0 Å². The predicted octanol–water partition coefficient (Wildman–Crippen LogP) is 4.02. The quantitative estimate of drug-likeness (QED) is 0.420. The lowest BCUT2D eigenvalue weighted by molar-refractivity contribution is 0.0785. The van der Waals surface area contributed by atoms with E-state index in [2.05, 4.69) is 22.0 Å². The van der Waals surface area contributed by atoms with Crippen LogP contribution in [0, 0.1) is 0 Å². The molecular weight excluding hydrogens is 428 g/mol. The predicted molar refractivity (Wildman–Crippen MR) is 131 cm³/mol. The first kappa shape index (κ1) is 22.0. The van der Waals surface area contributed by atoms with Crippen molar-refractivity contribution in [1.29, 1.82) is 0 Å². The van der Waals surface area contributed by atoms with Gasteiger partial charge >= 0.3 is 0 Å². The van der Waals surface area contributed by atoms with E-state index in [-0.39, 0.29) is 5.91 Å². The van der Waals surface area contributed by atoms with Crippen LogP contribution in [0.1, 0.15) is 21.6 Å². The zero-order chi connectivity index (χ0) is 23.3. The third-order valence-corrected chi connectivity index (χ3v) is 6.00. The Morgan fingerprint density at radius 3 is 2.59 bits per heavy atom. The van der Waals surface area contributed by atoms with Crippen LogP contribution in [0.25, 0.3) is 5.65 Å². The molecule has 0 bridgehead atoms. The monoisotopic (exact) mass is 456 g/mol. The molecular formula is C27H28N4O3. The first-order chi connectivity index (χ1) is 16.7. The molecule has 0 unspecified atom stereocenters. The van der Waals surface area contributed by atoms with Gasteiger partial charge in [0.25, 0.3) is 5.91 Å². The molecule has 0 spiro atoms. The molecule has 7 nitrogen and oxygen atoms in total. The number of rotatable bonds is 7. The lowest BCUT2D eigenvalue weighted by atomic mass is 10.1. The van der Waals surface area contributed by atoms with Crippen molar-refractivity contribution in [2.24, 2.45) is 0 Å². The fraction of sp³-hybridized carbons (Fsp3) is 0.259. The molecule has 1 fully saturated rings. The van der Waals surface area contributed by atoms with Crippen LogP contribution >= 0.6 is 0 Å². The molecule has 2 aromatic heterocycles. The molecule has 0 saturated carbocycles. The largest absolute Gasteiger partial charge is 0.487 e. The van der Waals surface area contributed by atoms with Crippen LogP contribution in [-0.2, 0) is 17.9 Å². The lowest BCUT2D eigenvalue weighted by Gasteiger charge is -2.31. The molecule has 1 amide bonds. The van der Waals surface area contributed by atoms with Gasteiger partial charge in [-0.3, -0.25) is 4.79 Å². The number of nitrogens with zero attached hydrogens (tertiary/aromatic N) is 4. The number of hydrogen-bond donors (Lipinski definition) is 0. The normalized spacial score (nSPS) is 13.7. The SMILES string of the molecule is CN(Cc1ccccc1N1CCOCC1)C(=O)c1ccc(OCc2cn3ccccc3n2)cc1. The summed E-state index contributed by atoms with van der Waals surface area (Å²) in [4.78, 5) is 21.7. The minimum atomic E-state index is -0.0244. The minimum Gasteiger partial charge on any atom is -0.487 e. The molecule has 5 rings (SSSR count). The second kappa shape index (κ2) is 9.97. The number of amides is 1. The van der Waals surface area contributed by atoms with Crippen molar-refractivity contribution in [3.63, 3.8) is 0 Å². The van der Waals surface area contributed by atoms with Crippen LogP contribution in [-0.4, -0.2) is 53.5 Å². The molecule has 1 aliphatic heterocycles. The summed E-state index contributed by atoms with van der Waals surface area (Å²) in [7, 11) is 1.84. The molecule has 0 N–H and O–H groups in total. The van der Waals surface area contributed by atoms with Gasteiger partial charge in [0.1, 0.15) is 18.0 Å². The van der Waals surface area contributed by atoms with Gasteiger partial charge < -0.3 is 23.7 Å². The molecule has 2 aromatic carbocycles.